The Morgan fingerprint density at radius 2 is 0.788 bits per heavy atom. The molecule has 0 aliphatic rings. The van der Waals surface area contributed by atoms with Gasteiger partial charge in [-0.2, -0.15) is 0 Å². The van der Waals surface area contributed by atoms with Gasteiger partial charge in [0.15, 0.2) is 45.9 Å². The molecule has 0 radical (unpaired) electrons. The number of carbonyl (C=O) groups excluding carboxylic acids is 6. The van der Waals surface area contributed by atoms with Crippen LogP contribution < -0.4 is 34.4 Å². The van der Waals surface area contributed by atoms with Gasteiger partial charge in [-0.3, -0.25) is 28.8 Å². The van der Waals surface area contributed by atoms with Crippen molar-refractivity contribution in [1.82, 2.24) is 0 Å². The lowest BCUT2D eigenvalue weighted by Crippen LogP contribution is -2.71. The Kier molecular flexibility index (Phi) is 12.5. The highest BCUT2D eigenvalue weighted by Gasteiger charge is 2.63. The summed E-state index contributed by atoms with van der Waals surface area (Å²) < 4.78 is 5.92. The molecule has 188 valence electrons. The van der Waals surface area contributed by atoms with Crippen molar-refractivity contribution in [2.45, 2.75) is 37.9 Å². The van der Waals surface area contributed by atoms with E-state index >= 15 is 0 Å². The van der Waals surface area contributed by atoms with Crippen LogP contribution in [0.4, 0.5) is 0 Å². The van der Waals surface area contributed by atoms with Gasteiger partial charge in [-0.15, -0.1) is 0 Å². The van der Waals surface area contributed by atoms with Crippen LogP contribution >= 0.6 is 0 Å². The fourth-order valence-corrected chi connectivity index (χ4v) is 4.09. The van der Waals surface area contributed by atoms with E-state index < -0.39 is 97.0 Å². The monoisotopic (exact) mass is 472 g/mol. The Hall–Kier alpha value is -2.26. The van der Waals surface area contributed by atoms with E-state index in [1.165, 1.54) is 13.8 Å². The lowest BCUT2D eigenvalue weighted by atomic mass is 9.71. The van der Waals surface area contributed by atoms with Crippen molar-refractivity contribution < 1.29 is 33.5 Å². The van der Waals surface area contributed by atoms with E-state index in [2.05, 4.69) is 0 Å². The molecule has 0 spiro atoms. The van der Waals surface area contributed by atoms with E-state index in [4.69, 9.17) is 39.1 Å². The second-order valence-corrected chi connectivity index (χ2v) is 7.35. The van der Waals surface area contributed by atoms with Crippen molar-refractivity contribution in [3.63, 3.8) is 0 Å². The maximum absolute atomic E-state index is 13.2. The van der Waals surface area contributed by atoms with Crippen molar-refractivity contribution >= 4 is 34.7 Å². The molecule has 0 rings (SSSR count). The molecule has 13 nitrogen and oxygen atoms in total. The summed E-state index contributed by atoms with van der Waals surface area (Å²) in [4.78, 5) is 78.2. The summed E-state index contributed by atoms with van der Waals surface area (Å²) >= 11 is 0. The second-order valence-electron chi connectivity index (χ2n) is 7.35. The number of hydrogen-bond acceptors (Lipinski definition) is 13. The molecule has 13 heteroatoms. The highest BCUT2D eigenvalue weighted by atomic mass is 16.5. The molecule has 0 aliphatic carbocycles. The molecule has 2 atom stereocenters. The molecule has 12 N–H and O–H groups in total. The lowest BCUT2D eigenvalue weighted by molar-refractivity contribution is -0.206. The smallest absolute Gasteiger partial charge is 0.198 e. The van der Waals surface area contributed by atoms with Crippen LogP contribution in [0.3, 0.4) is 0 Å². The van der Waals surface area contributed by atoms with Crippen LogP contribution in [0.5, 0.6) is 0 Å². The van der Waals surface area contributed by atoms with Crippen LogP contribution in [0, 0.1) is 11.8 Å². The predicted octanol–water partition coefficient (Wildman–Crippen LogP) is -4.30. The van der Waals surface area contributed by atoms with E-state index in [1.807, 2.05) is 0 Å². The molecule has 0 amide bonds. The van der Waals surface area contributed by atoms with Crippen LogP contribution in [-0.2, 0) is 33.5 Å². The van der Waals surface area contributed by atoms with Crippen molar-refractivity contribution in [2.75, 3.05) is 39.3 Å². The van der Waals surface area contributed by atoms with Crippen molar-refractivity contribution in [2.24, 2.45) is 46.2 Å². The third-order valence-electron chi connectivity index (χ3n) is 5.70. The molecule has 0 aromatic heterocycles. The van der Waals surface area contributed by atoms with Crippen molar-refractivity contribution in [3.05, 3.63) is 0 Å². The number of ketones is 6. The van der Waals surface area contributed by atoms with E-state index in [-0.39, 0.29) is 12.8 Å². The second kappa shape index (κ2) is 13.4. The van der Waals surface area contributed by atoms with E-state index in [0.717, 1.165) is 0 Å². The van der Waals surface area contributed by atoms with Gasteiger partial charge in [0, 0.05) is 0 Å². The lowest BCUT2D eigenvalue weighted by Gasteiger charge is -2.46. The topological polar surface area (TPSA) is 268 Å². The average Bonchev–Trinajstić information content (AvgIpc) is 2.84. The minimum absolute atomic E-state index is 0.168. The summed E-state index contributed by atoms with van der Waals surface area (Å²) in [5, 5.41) is 0. The Bertz CT molecular complexity index is 676. The first-order valence-electron chi connectivity index (χ1n) is 10.6. The SMILES string of the molecule is CCC(C(=O)CN)C(OC(C(=O)CN)(C(=O)CN)C(CC)C(=O)CN)(C(=O)CN)C(=O)CN. The molecule has 0 aromatic rings. The first kappa shape index (κ1) is 30.7. The number of Topliss-reactive ketones (excluding diaryl/α,β-unsaturated/α-hetero) is 6. The number of hydrogen-bond donors (Lipinski definition) is 6. The first-order valence-corrected chi connectivity index (χ1v) is 10.6. The zero-order chi connectivity index (χ0) is 26.0. The predicted molar refractivity (Wildman–Crippen MR) is 118 cm³/mol. The molecular formula is C20H36N6O7. The van der Waals surface area contributed by atoms with Gasteiger partial charge >= 0.3 is 0 Å². The maximum atomic E-state index is 13.2. The summed E-state index contributed by atoms with van der Waals surface area (Å²) in [5.41, 5.74) is 27.6. The fraction of sp³-hybridized carbons (Fsp3) is 0.700. The largest absolute Gasteiger partial charge is 0.335 e. The van der Waals surface area contributed by atoms with Crippen LogP contribution in [0.2, 0.25) is 0 Å². The minimum Gasteiger partial charge on any atom is -0.335 e. The highest BCUT2D eigenvalue weighted by Crippen LogP contribution is 2.39. The van der Waals surface area contributed by atoms with Gasteiger partial charge in [-0.25, -0.2) is 0 Å². The number of rotatable bonds is 18. The van der Waals surface area contributed by atoms with E-state index in [1.54, 1.807) is 0 Å². The zero-order valence-corrected chi connectivity index (χ0v) is 19.1. The summed E-state index contributed by atoms with van der Waals surface area (Å²) in [7, 11) is 0. The fourth-order valence-electron chi connectivity index (χ4n) is 4.09. The highest BCUT2D eigenvalue weighted by molar-refractivity contribution is 6.19. The first-order chi connectivity index (χ1) is 15.5. The third kappa shape index (κ3) is 5.63. The van der Waals surface area contributed by atoms with Gasteiger partial charge in [0.05, 0.1) is 51.1 Å². The summed E-state index contributed by atoms with van der Waals surface area (Å²) in [6, 6.07) is 0. The third-order valence-corrected chi connectivity index (χ3v) is 5.70. The van der Waals surface area contributed by atoms with Crippen LogP contribution in [0.25, 0.3) is 0 Å². The Balaban J connectivity index is 7.67. The van der Waals surface area contributed by atoms with Crippen LogP contribution in [-0.4, -0.2) is 85.2 Å². The quantitative estimate of drug-likeness (QED) is 0.103. The normalized spacial score (nSPS) is 13.8. The van der Waals surface area contributed by atoms with Gasteiger partial charge in [0.25, 0.3) is 0 Å². The Morgan fingerprint density at radius 1 is 0.545 bits per heavy atom. The molecule has 0 fully saturated rings. The van der Waals surface area contributed by atoms with Crippen LogP contribution in [0.1, 0.15) is 26.7 Å². The molecule has 0 saturated heterocycles. The molecule has 0 aromatic carbocycles. The Morgan fingerprint density at radius 3 is 0.939 bits per heavy atom. The molecule has 0 heterocycles. The number of carbonyl (C=O) groups is 6. The molecule has 2 unspecified atom stereocenters. The van der Waals surface area contributed by atoms with Gasteiger partial charge < -0.3 is 39.1 Å². The van der Waals surface area contributed by atoms with E-state index in [0.29, 0.717) is 0 Å². The molecule has 33 heavy (non-hydrogen) atoms. The number of ether oxygens (including phenoxy) is 1. The summed E-state index contributed by atoms with van der Waals surface area (Å²) in [5.74, 6) is -9.18. The van der Waals surface area contributed by atoms with E-state index in [9.17, 15) is 28.8 Å². The Labute approximate surface area is 192 Å². The molecule has 0 aliphatic heterocycles. The standard InChI is InChI=1S/C20H36N6O7/c1-3-11(13(27)5-21)19(15(29)7-23,16(30)8-24)33-20(17(31)9-25,18(32)10-26)12(4-2)14(28)6-22/h11-12H,3-10,21-26H2,1-2H3. The molecule has 0 bridgehead atoms. The summed E-state index contributed by atoms with van der Waals surface area (Å²) in [6.07, 6.45) is -0.336. The number of nitrogens with two attached hydrogens (primary N) is 6. The van der Waals surface area contributed by atoms with Crippen LogP contribution in [0.15, 0.2) is 0 Å². The summed E-state index contributed by atoms with van der Waals surface area (Å²) in [6.45, 7) is -1.53. The van der Waals surface area contributed by atoms with Crippen molar-refractivity contribution in [3.8, 4) is 0 Å². The molecule has 0 saturated carbocycles. The van der Waals surface area contributed by atoms with Crippen molar-refractivity contribution in [1.29, 1.82) is 0 Å². The minimum atomic E-state index is -2.79. The van der Waals surface area contributed by atoms with Gasteiger partial charge in [0.2, 0.25) is 0 Å². The average molecular weight is 473 g/mol. The molecular weight excluding hydrogens is 436 g/mol. The van der Waals surface area contributed by atoms with Gasteiger partial charge in [0.1, 0.15) is 0 Å². The zero-order valence-electron chi connectivity index (χ0n) is 19.1. The maximum Gasteiger partial charge on any atom is 0.198 e. The van der Waals surface area contributed by atoms with Gasteiger partial charge in [-0.05, 0) is 12.8 Å². The van der Waals surface area contributed by atoms with Gasteiger partial charge in [-0.1, -0.05) is 13.8 Å².